The molecule has 2 heterocycles. The Morgan fingerprint density at radius 2 is 1.75 bits per heavy atom. The van der Waals surface area contributed by atoms with E-state index in [0.29, 0.717) is 13.0 Å². The Labute approximate surface area is 97.0 Å². The van der Waals surface area contributed by atoms with Crippen LogP contribution in [0.1, 0.15) is 38.5 Å². The third-order valence-electron chi connectivity index (χ3n) is 3.57. The summed E-state index contributed by atoms with van der Waals surface area (Å²) in [5.41, 5.74) is 0. The maximum atomic E-state index is 12.2. The summed E-state index contributed by atoms with van der Waals surface area (Å²) >= 11 is 0. The van der Waals surface area contributed by atoms with E-state index in [9.17, 15) is 9.90 Å². The van der Waals surface area contributed by atoms with Crippen molar-refractivity contribution in [2.75, 3.05) is 19.6 Å². The lowest BCUT2D eigenvalue weighted by molar-refractivity contribution is -0.133. The van der Waals surface area contributed by atoms with Crippen molar-refractivity contribution in [2.24, 2.45) is 0 Å². The molecule has 2 fully saturated rings. The van der Waals surface area contributed by atoms with Gasteiger partial charge in [0.1, 0.15) is 0 Å². The number of aliphatic hydroxyl groups is 1. The molecule has 0 radical (unpaired) electrons. The number of nitrogens with one attached hydrogen (secondary N) is 1. The fraction of sp³-hybridized carbons (Fsp3) is 0.917. The molecule has 4 heteroatoms. The van der Waals surface area contributed by atoms with Gasteiger partial charge in [-0.1, -0.05) is 19.3 Å². The van der Waals surface area contributed by atoms with Crippen molar-refractivity contribution >= 4 is 5.91 Å². The Bertz CT molecular complexity index is 237. The molecule has 92 valence electrons. The topological polar surface area (TPSA) is 52.6 Å². The van der Waals surface area contributed by atoms with Gasteiger partial charge in [0.05, 0.1) is 12.1 Å². The number of hydrogen-bond acceptors (Lipinski definition) is 3. The Hall–Kier alpha value is -0.610. The summed E-state index contributed by atoms with van der Waals surface area (Å²) in [5, 5.41) is 12.5. The lowest BCUT2D eigenvalue weighted by atomic mass is 10.1. The molecule has 16 heavy (non-hydrogen) atoms. The van der Waals surface area contributed by atoms with E-state index in [1.165, 1.54) is 19.3 Å². The summed E-state index contributed by atoms with van der Waals surface area (Å²) in [6, 6.07) is -0.144. The first kappa shape index (κ1) is 11.9. The molecule has 2 N–H and O–H groups in total. The number of likely N-dealkylation sites (tertiary alicyclic amines) is 1. The number of hydrogen-bond donors (Lipinski definition) is 2. The summed E-state index contributed by atoms with van der Waals surface area (Å²) in [5.74, 6) is 0.193. The van der Waals surface area contributed by atoms with Crippen LogP contribution in [0.2, 0.25) is 0 Å². The van der Waals surface area contributed by atoms with Crippen LogP contribution in [-0.2, 0) is 4.79 Å². The van der Waals surface area contributed by atoms with Gasteiger partial charge in [-0.3, -0.25) is 4.79 Å². The van der Waals surface area contributed by atoms with Crippen molar-refractivity contribution in [3.8, 4) is 0 Å². The Morgan fingerprint density at radius 1 is 1.12 bits per heavy atom. The Balaban J connectivity index is 1.86. The minimum Gasteiger partial charge on any atom is -0.392 e. The lowest BCUT2D eigenvalue weighted by Gasteiger charge is -2.27. The fourth-order valence-electron chi connectivity index (χ4n) is 2.59. The largest absolute Gasteiger partial charge is 0.392 e. The van der Waals surface area contributed by atoms with Gasteiger partial charge in [0.15, 0.2) is 0 Å². The van der Waals surface area contributed by atoms with Crippen LogP contribution in [0.4, 0.5) is 0 Å². The summed E-state index contributed by atoms with van der Waals surface area (Å²) in [4.78, 5) is 14.1. The van der Waals surface area contributed by atoms with E-state index >= 15 is 0 Å². The highest BCUT2D eigenvalue weighted by atomic mass is 16.3. The van der Waals surface area contributed by atoms with Gasteiger partial charge in [-0.25, -0.2) is 0 Å². The highest BCUT2D eigenvalue weighted by molar-refractivity contribution is 5.82. The quantitative estimate of drug-likeness (QED) is 0.684. The third-order valence-corrected chi connectivity index (χ3v) is 3.57. The molecular weight excluding hydrogens is 204 g/mol. The second kappa shape index (κ2) is 5.64. The van der Waals surface area contributed by atoms with Gasteiger partial charge in [-0.15, -0.1) is 0 Å². The number of nitrogens with zero attached hydrogens (tertiary/aromatic N) is 1. The van der Waals surface area contributed by atoms with Gasteiger partial charge in [0.2, 0.25) is 5.91 Å². The zero-order valence-electron chi connectivity index (χ0n) is 9.82. The molecule has 0 aromatic carbocycles. The highest BCUT2D eigenvalue weighted by Gasteiger charge is 2.31. The predicted octanol–water partition coefficient (Wildman–Crippen LogP) is 0.502. The third kappa shape index (κ3) is 2.95. The summed E-state index contributed by atoms with van der Waals surface area (Å²) in [7, 11) is 0. The minimum absolute atomic E-state index is 0.144. The molecule has 2 saturated heterocycles. The summed E-state index contributed by atoms with van der Waals surface area (Å²) < 4.78 is 0. The molecule has 0 aromatic heterocycles. The predicted molar refractivity (Wildman–Crippen MR) is 62.1 cm³/mol. The molecule has 0 spiro atoms. The average molecular weight is 226 g/mol. The molecule has 0 aliphatic carbocycles. The zero-order valence-corrected chi connectivity index (χ0v) is 9.82. The van der Waals surface area contributed by atoms with Gasteiger partial charge in [0.25, 0.3) is 0 Å². The molecule has 1 amide bonds. The van der Waals surface area contributed by atoms with Gasteiger partial charge >= 0.3 is 0 Å². The average Bonchev–Trinajstić information content (AvgIpc) is 2.63. The number of β-amino-alcohol motifs (C(OH)–C–C–N with tert-alkyl or cyclic N) is 1. The first-order valence-electron chi connectivity index (χ1n) is 6.47. The number of aliphatic hydroxyl groups excluding tert-OH is 1. The van der Waals surface area contributed by atoms with Crippen LogP contribution in [0.5, 0.6) is 0 Å². The smallest absolute Gasteiger partial charge is 0.239 e. The second-order valence-corrected chi connectivity index (χ2v) is 4.94. The van der Waals surface area contributed by atoms with Gasteiger partial charge < -0.3 is 15.3 Å². The van der Waals surface area contributed by atoms with Crippen molar-refractivity contribution in [3.63, 3.8) is 0 Å². The van der Waals surface area contributed by atoms with E-state index in [-0.39, 0.29) is 18.1 Å². The molecular formula is C12H22N2O2. The Kier molecular flexibility index (Phi) is 4.18. The van der Waals surface area contributed by atoms with Gasteiger partial charge in [-0.2, -0.15) is 0 Å². The molecule has 2 atom stereocenters. The van der Waals surface area contributed by atoms with Gasteiger partial charge in [0, 0.05) is 19.6 Å². The Morgan fingerprint density at radius 3 is 2.31 bits per heavy atom. The van der Waals surface area contributed by atoms with Crippen molar-refractivity contribution < 1.29 is 9.90 Å². The normalized spacial score (nSPS) is 32.2. The van der Waals surface area contributed by atoms with E-state index in [0.717, 1.165) is 25.9 Å². The standard InChI is InChI=1S/C12H22N2O2/c15-10-8-11(13-9-10)12(16)14-6-4-2-1-3-5-7-14/h10-11,13,15H,1-9H2. The van der Waals surface area contributed by atoms with Gasteiger partial charge in [-0.05, 0) is 19.3 Å². The molecule has 0 aromatic rings. The molecule has 2 aliphatic rings. The van der Waals surface area contributed by atoms with Crippen LogP contribution in [0.25, 0.3) is 0 Å². The zero-order chi connectivity index (χ0) is 11.4. The van der Waals surface area contributed by atoms with E-state index in [2.05, 4.69) is 5.32 Å². The fourth-order valence-corrected chi connectivity index (χ4v) is 2.59. The van der Waals surface area contributed by atoms with E-state index in [1.54, 1.807) is 0 Å². The van der Waals surface area contributed by atoms with Crippen LogP contribution in [-0.4, -0.2) is 47.7 Å². The minimum atomic E-state index is -0.344. The van der Waals surface area contributed by atoms with Crippen LogP contribution in [0, 0.1) is 0 Å². The van der Waals surface area contributed by atoms with E-state index < -0.39 is 0 Å². The van der Waals surface area contributed by atoms with Crippen molar-refractivity contribution in [2.45, 2.75) is 50.7 Å². The monoisotopic (exact) mass is 226 g/mol. The highest BCUT2D eigenvalue weighted by Crippen LogP contribution is 2.14. The molecule has 2 rings (SSSR count). The summed E-state index contributed by atoms with van der Waals surface area (Å²) in [6.07, 6.45) is 6.28. The number of amides is 1. The molecule has 0 saturated carbocycles. The molecule has 2 aliphatic heterocycles. The van der Waals surface area contributed by atoms with Crippen LogP contribution < -0.4 is 5.32 Å². The van der Waals surface area contributed by atoms with Crippen LogP contribution in [0.3, 0.4) is 0 Å². The summed E-state index contributed by atoms with van der Waals surface area (Å²) in [6.45, 7) is 2.35. The first-order valence-corrected chi connectivity index (χ1v) is 6.47. The molecule has 0 bridgehead atoms. The molecule has 4 nitrogen and oxygen atoms in total. The molecule has 2 unspecified atom stereocenters. The van der Waals surface area contributed by atoms with E-state index in [4.69, 9.17) is 0 Å². The maximum absolute atomic E-state index is 12.2. The number of carbonyl (C=O) groups excluding carboxylic acids is 1. The number of rotatable bonds is 1. The van der Waals surface area contributed by atoms with Crippen molar-refractivity contribution in [3.05, 3.63) is 0 Å². The SMILES string of the molecule is O=C(C1CC(O)CN1)N1CCCCCCC1. The van der Waals surface area contributed by atoms with Crippen molar-refractivity contribution in [1.29, 1.82) is 0 Å². The first-order chi connectivity index (χ1) is 7.77. The van der Waals surface area contributed by atoms with Crippen molar-refractivity contribution in [1.82, 2.24) is 10.2 Å². The maximum Gasteiger partial charge on any atom is 0.239 e. The van der Waals surface area contributed by atoms with E-state index in [1.807, 2.05) is 4.90 Å². The van der Waals surface area contributed by atoms with Crippen LogP contribution in [0.15, 0.2) is 0 Å². The lowest BCUT2D eigenvalue weighted by Crippen LogP contribution is -2.44. The van der Waals surface area contributed by atoms with Crippen LogP contribution >= 0.6 is 0 Å². The number of carbonyl (C=O) groups is 1. The second-order valence-electron chi connectivity index (χ2n) is 4.94.